The van der Waals surface area contributed by atoms with Crippen LogP contribution in [0.5, 0.6) is 0 Å². The molecule has 1 N–H and O–H groups in total. The molecule has 0 radical (unpaired) electrons. The first-order valence-corrected chi connectivity index (χ1v) is 6.71. The van der Waals surface area contributed by atoms with E-state index in [0.717, 1.165) is 10.6 Å². The fourth-order valence-corrected chi connectivity index (χ4v) is 2.36. The second kappa shape index (κ2) is 7.06. The van der Waals surface area contributed by atoms with E-state index < -0.39 is 5.97 Å². The van der Waals surface area contributed by atoms with Gasteiger partial charge in [-0.05, 0) is 30.4 Å². The van der Waals surface area contributed by atoms with E-state index in [1.165, 1.54) is 11.8 Å². The summed E-state index contributed by atoms with van der Waals surface area (Å²) in [6.07, 6.45) is -0.0413. The Morgan fingerprint density at radius 2 is 2.06 bits per heavy atom. The lowest BCUT2D eigenvalue weighted by Crippen LogP contribution is -2.07. The highest BCUT2D eigenvalue weighted by molar-refractivity contribution is 7.99. The van der Waals surface area contributed by atoms with Gasteiger partial charge in [-0.1, -0.05) is 13.0 Å². The highest BCUT2D eigenvalue weighted by Gasteiger charge is 2.14. The van der Waals surface area contributed by atoms with Crippen LogP contribution >= 0.6 is 11.8 Å². The predicted molar refractivity (Wildman–Crippen MR) is 70.1 cm³/mol. The standard InChI is InChI=1S/C13H16O4S/c1-3-17-13(16)10-6-5-9(8-12(14)15)7-11(10)18-4-2/h5-7H,3-4,8H2,1-2H3,(H,14,15). The van der Waals surface area contributed by atoms with Gasteiger partial charge in [0, 0.05) is 4.90 Å². The number of ether oxygens (including phenoxy) is 1. The number of benzene rings is 1. The fraction of sp³-hybridized carbons (Fsp3) is 0.385. The zero-order valence-electron chi connectivity index (χ0n) is 10.4. The maximum Gasteiger partial charge on any atom is 0.339 e. The number of carboxylic acid groups (broad SMARTS) is 1. The van der Waals surface area contributed by atoms with E-state index in [9.17, 15) is 9.59 Å². The molecule has 0 unspecified atom stereocenters. The molecule has 0 spiro atoms. The molecule has 0 fully saturated rings. The molecule has 5 heteroatoms. The molecule has 1 rings (SSSR count). The maximum atomic E-state index is 11.7. The molecule has 0 aliphatic carbocycles. The summed E-state index contributed by atoms with van der Waals surface area (Å²) in [4.78, 5) is 23.2. The Kier molecular flexibility index (Phi) is 5.71. The second-order valence-electron chi connectivity index (χ2n) is 3.55. The lowest BCUT2D eigenvalue weighted by atomic mass is 10.1. The van der Waals surface area contributed by atoms with E-state index >= 15 is 0 Å². The largest absolute Gasteiger partial charge is 0.481 e. The Morgan fingerprint density at radius 1 is 1.33 bits per heavy atom. The second-order valence-corrected chi connectivity index (χ2v) is 4.86. The number of esters is 1. The number of carbonyl (C=O) groups excluding carboxylic acids is 1. The first-order chi connectivity index (χ1) is 8.58. The predicted octanol–water partition coefficient (Wildman–Crippen LogP) is 2.60. The Labute approximate surface area is 110 Å². The molecule has 1 aromatic carbocycles. The Balaban J connectivity index is 3.03. The average molecular weight is 268 g/mol. The summed E-state index contributed by atoms with van der Waals surface area (Å²) in [5.41, 5.74) is 1.18. The minimum Gasteiger partial charge on any atom is -0.481 e. The average Bonchev–Trinajstić information content (AvgIpc) is 2.29. The number of aliphatic carboxylic acids is 1. The van der Waals surface area contributed by atoms with Crippen LogP contribution in [-0.4, -0.2) is 29.4 Å². The molecule has 0 bridgehead atoms. The molecule has 0 amide bonds. The summed E-state index contributed by atoms with van der Waals surface area (Å²) >= 11 is 1.50. The summed E-state index contributed by atoms with van der Waals surface area (Å²) in [6, 6.07) is 5.03. The van der Waals surface area contributed by atoms with Gasteiger partial charge in [0.25, 0.3) is 0 Å². The number of rotatable bonds is 6. The molecule has 4 nitrogen and oxygen atoms in total. The first-order valence-electron chi connectivity index (χ1n) is 5.73. The van der Waals surface area contributed by atoms with Crippen molar-refractivity contribution in [2.24, 2.45) is 0 Å². The van der Waals surface area contributed by atoms with Crippen molar-refractivity contribution < 1.29 is 19.4 Å². The summed E-state index contributed by atoms with van der Waals surface area (Å²) in [5.74, 6) is -0.440. The molecular formula is C13H16O4S. The summed E-state index contributed by atoms with van der Waals surface area (Å²) in [6.45, 7) is 4.05. The van der Waals surface area contributed by atoms with Gasteiger partial charge in [-0.25, -0.2) is 4.79 Å². The van der Waals surface area contributed by atoms with E-state index in [2.05, 4.69) is 0 Å². The topological polar surface area (TPSA) is 63.6 Å². The first kappa shape index (κ1) is 14.6. The Morgan fingerprint density at radius 3 is 2.61 bits per heavy atom. The molecule has 0 atom stereocenters. The lowest BCUT2D eigenvalue weighted by molar-refractivity contribution is -0.136. The van der Waals surface area contributed by atoms with Crippen LogP contribution in [0.25, 0.3) is 0 Å². The van der Waals surface area contributed by atoms with Crippen molar-refractivity contribution in [1.29, 1.82) is 0 Å². The molecular weight excluding hydrogens is 252 g/mol. The van der Waals surface area contributed by atoms with Crippen molar-refractivity contribution >= 4 is 23.7 Å². The van der Waals surface area contributed by atoms with Crippen LogP contribution in [0.4, 0.5) is 0 Å². The van der Waals surface area contributed by atoms with Gasteiger partial charge >= 0.3 is 11.9 Å². The molecule has 0 aromatic heterocycles. The minimum absolute atomic E-state index is 0.0413. The third-order valence-corrected chi connectivity index (χ3v) is 3.13. The summed E-state index contributed by atoms with van der Waals surface area (Å²) < 4.78 is 4.97. The monoisotopic (exact) mass is 268 g/mol. The molecule has 0 aliphatic heterocycles. The van der Waals surface area contributed by atoms with Crippen molar-refractivity contribution in [3.63, 3.8) is 0 Å². The van der Waals surface area contributed by atoms with Gasteiger partial charge < -0.3 is 9.84 Å². The Bertz CT molecular complexity index is 443. The molecule has 1 aromatic rings. The third-order valence-electron chi connectivity index (χ3n) is 2.20. The van der Waals surface area contributed by atoms with Crippen LogP contribution < -0.4 is 0 Å². The van der Waals surface area contributed by atoms with E-state index in [0.29, 0.717) is 17.7 Å². The zero-order valence-corrected chi connectivity index (χ0v) is 11.3. The minimum atomic E-state index is -0.883. The Hall–Kier alpha value is -1.49. The summed E-state index contributed by atoms with van der Waals surface area (Å²) in [5, 5.41) is 8.75. The third kappa shape index (κ3) is 4.07. The van der Waals surface area contributed by atoms with Gasteiger partial charge in [-0.15, -0.1) is 11.8 Å². The van der Waals surface area contributed by atoms with E-state index in [1.54, 1.807) is 25.1 Å². The van der Waals surface area contributed by atoms with Gasteiger partial charge in [0.05, 0.1) is 18.6 Å². The molecule has 0 saturated heterocycles. The van der Waals surface area contributed by atoms with Crippen molar-refractivity contribution in [3.8, 4) is 0 Å². The number of thioether (sulfide) groups is 1. The fourth-order valence-electron chi connectivity index (χ4n) is 1.50. The summed E-state index contributed by atoms with van der Waals surface area (Å²) in [7, 11) is 0. The maximum absolute atomic E-state index is 11.7. The van der Waals surface area contributed by atoms with Crippen molar-refractivity contribution in [2.45, 2.75) is 25.2 Å². The van der Waals surface area contributed by atoms with Crippen LogP contribution in [0.2, 0.25) is 0 Å². The highest BCUT2D eigenvalue weighted by Crippen LogP contribution is 2.25. The van der Waals surface area contributed by atoms with Crippen LogP contribution in [0.1, 0.15) is 29.8 Å². The van der Waals surface area contributed by atoms with Gasteiger partial charge in [0.1, 0.15) is 0 Å². The SMILES string of the molecule is CCOC(=O)c1ccc(CC(=O)O)cc1SCC. The lowest BCUT2D eigenvalue weighted by Gasteiger charge is -2.09. The van der Waals surface area contributed by atoms with Crippen LogP contribution in [0.15, 0.2) is 23.1 Å². The molecule has 0 saturated carbocycles. The molecule has 18 heavy (non-hydrogen) atoms. The van der Waals surface area contributed by atoms with Gasteiger partial charge in [-0.2, -0.15) is 0 Å². The number of carbonyl (C=O) groups is 2. The zero-order chi connectivity index (χ0) is 13.5. The van der Waals surface area contributed by atoms with E-state index in [-0.39, 0.29) is 12.4 Å². The van der Waals surface area contributed by atoms with Crippen LogP contribution in [0, 0.1) is 0 Å². The van der Waals surface area contributed by atoms with Crippen molar-refractivity contribution in [3.05, 3.63) is 29.3 Å². The van der Waals surface area contributed by atoms with Crippen LogP contribution in [0.3, 0.4) is 0 Å². The van der Waals surface area contributed by atoms with Gasteiger partial charge in [0.2, 0.25) is 0 Å². The molecule has 0 heterocycles. The normalized spacial score (nSPS) is 10.1. The highest BCUT2D eigenvalue weighted by atomic mass is 32.2. The number of hydrogen-bond donors (Lipinski definition) is 1. The van der Waals surface area contributed by atoms with Gasteiger partial charge in [-0.3, -0.25) is 4.79 Å². The van der Waals surface area contributed by atoms with Crippen LogP contribution in [-0.2, 0) is 16.0 Å². The van der Waals surface area contributed by atoms with E-state index in [4.69, 9.17) is 9.84 Å². The number of carboxylic acids is 1. The van der Waals surface area contributed by atoms with E-state index in [1.807, 2.05) is 6.92 Å². The molecule has 0 aliphatic rings. The smallest absolute Gasteiger partial charge is 0.339 e. The van der Waals surface area contributed by atoms with Gasteiger partial charge in [0.15, 0.2) is 0 Å². The quantitative estimate of drug-likeness (QED) is 0.634. The van der Waals surface area contributed by atoms with Crippen molar-refractivity contribution in [2.75, 3.05) is 12.4 Å². The molecule has 98 valence electrons. The number of hydrogen-bond acceptors (Lipinski definition) is 4. The van der Waals surface area contributed by atoms with Crippen molar-refractivity contribution in [1.82, 2.24) is 0 Å².